The number of nitrogens with one attached hydrogen (secondary N) is 1. The maximum atomic E-state index is 15.6. The van der Waals surface area contributed by atoms with Gasteiger partial charge < -0.3 is 10.2 Å². The molecule has 3 aromatic carbocycles. The molecule has 3 aromatic rings. The first kappa shape index (κ1) is 30.3. The number of aryl methyl sites for hydroxylation is 2. The Morgan fingerprint density at radius 3 is 1.93 bits per heavy atom. The molecule has 0 fully saturated rings. The first-order chi connectivity index (χ1) is 18.5. The SMILES string of the molecule is C=CCN(C(=O)c1ccccc1)c1cccc(C(=O)Nc2c(C)cc(C(F)(C(F)(F)F)C(F)(F)F)cc2C)c1F. The van der Waals surface area contributed by atoms with Gasteiger partial charge in [0.2, 0.25) is 0 Å². The molecule has 0 atom stereocenters. The summed E-state index contributed by atoms with van der Waals surface area (Å²) in [5.41, 5.74) is -8.89. The van der Waals surface area contributed by atoms with E-state index in [-0.39, 0.29) is 34.6 Å². The first-order valence-electron chi connectivity index (χ1n) is 11.6. The number of amides is 2. The average Bonchev–Trinajstić information content (AvgIpc) is 2.87. The lowest BCUT2D eigenvalue weighted by molar-refractivity contribution is -0.348. The number of anilines is 2. The summed E-state index contributed by atoms with van der Waals surface area (Å²) in [6.45, 7) is 5.56. The molecule has 0 unspecified atom stereocenters. The van der Waals surface area contributed by atoms with Gasteiger partial charge in [-0.25, -0.2) is 8.78 Å². The van der Waals surface area contributed by atoms with Crippen molar-refractivity contribution in [1.29, 1.82) is 0 Å². The van der Waals surface area contributed by atoms with Gasteiger partial charge in [0.15, 0.2) is 5.82 Å². The number of alkyl halides is 7. The Bertz CT molecular complexity index is 1400. The lowest BCUT2D eigenvalue weighted by Crippen LogP contribution is -2.50. The van der Waals surface area contributed by atoms with Crippen molar-refractivity contribution in [2.75, 3.05) is 16.8 Å². The highest BCUT2D eigenvalue weighted by atomic mass is 19.4. The number of carbonyl (C=O) groups excluding carboxylic acids is 2. The van der Waals surface area contributed by atoms with Gasteiger partial charge in [-0.1, -0.05) is 42.5 Å². The van der Waals surface area contributed by atoms with E-state index in [9.17, 15) is 40.3 Å². The number of carbonyl (C=O) groups is 2. The van der Waals surface area contributed by atoms with Gasteiger partial charge in [0.05, 0.1) is 11.3 Å². The number of hydrogen-bond acceptors (Lipinski definition) is 2. The van der Waals surface area contributed by atoms with E-state index in [0.29, 0.717) is 12.1 Å². The van der Waals surface area contributed by atoms with E-state index < -0.39 is 46.8 Å². The number of benzene rings is 3. The van der Waals surface area contributed by atoms with Gasteiger partial charge >= 0.3 is 18.0 Å². The number of nitrogens with zero attached hydrogens (tertiary/aromatic N) is 1. The van der Waals surface area contributed by atoms with E-state index >= 15 is 4.39 Å². The lowest BCUT2D eigenvalue weighted by Gasteiger charge is -2.31. The van der Waals surface area contributed by atoms with Crippen molar-refractivity contribution >= 4 is 23.2 Å². The minimum absolute atomic E-state index is 0.126. The molecule has 1 N–H and O–H groups in total. The Balaban J connectivity index is 2.00. The minimum atomic E-state index is -6.31. The molecule has 4 nitrogen and oxygen atoms in total. The van der Waals surface area contributed by atoms with E-state index in [4.69, 9.17) is 0 Å². The van der Waals surface area contributed by atoms with Gasteiger partial charge in [-0.05, 0) is 49.2 Å². The molecule has 0 aliphatic rings. The van der Waals surface area contributed by atoms with Crippen LogP contribution in [0.5, 0.6) is 0 Å². The summed E-state index contributed by atoms with van der Waals surface area (Å²) in [6, 6.07) is 12.1. The number of hydrogen-bond donors (Lipinski definition) is 1. The fourth-order valence-corrected chi connectivity index (χ4v) is 4.09. The lowest BCUT2D eigenvalue weighted by atomic mass is 9.90. The topological polar surface area (TPSA) is 49.4 Å². The standard InChI is InChI=1S/C28H22F8N2O2/c1-4-13-38(25(40)18-9-6-5-7-10-18)21-12-8-11-20(22(21)29)24(39)37-23-16(2)14-19(15-17(23)3)26(30,27(31,32)33)28(34,35)36/h4-12,14-15H,1,13H2,2-3H3,(H,37,39). The molecule has 0 aromatic heterocycles. The fourth-order valence-electron chi connectivity index (χ4n) is 4.09. The van der Waals surface area contributed by atoms with Gasteiger partial charge in [-0.3, -0.25) is 9.59 Å². The second kappa shape index (κ2) is 11.1. The maximum Gasteiger partial charge on any atom is 0.435 e. The Kier molecular flexibility index (Phi) is 8.42. The molecule has 0 bridgehead atoms. The van der Waals surface area contributed by atoms with Crippen molar-refractivity contribution in [2.45, 2.75) is 31.9 Å². The molecule has 0 spiro atoms. The smallest absolute Gasteiger partial charge is 0.321 e. The fraction of sp³-hybridized carbons (Fsp3) is 0.214. The molecular formula is C28H22F8N2O2. The van der Waals surface area contributed by atoms with Crippen LogP contribution in [0.25, 0.3) is 0 Å². The summed E-state index contributed by atoms with van der Waals surface area (Å²) in [4.78, 5) is 27.1. The normalized spacial score (nSPS) is 12.2. The number of halogens is 8. The largest absolute Gasteiger partial charge is 0.435 e. The highest BCUT2D eigenvalue weighted by Gasteiger charge is 2.73. The predicted octanol–water partition coefficient (Wildman–Crippen LogP) is 7.82. The molecule has 12 heteroatoms. The molecular weight excluding hydrogens is 548 g/mol. The quantitative estimate of drug-likeness (QED) is 0.233. The molecule has 40 heavy (non-hydrogen) atoms. The third kappa shape index (κ3) is 5.56. The van der Waals surface area contributed by atoms with Crippen molar-refractivity contribution in [2.24, 2.45) is 0 Å². The van der Waals surface area contributed by atoms with Gasteiger partial charge in [0.1, 0.15) is 0 Å². The highest BCUT2D eigenvalue weighted by molar-refractivity contribution is 6.09. The summed E-state index contributed by atoms with van der Waals surface area (Å²) in [5.74, 6) is -2.82. The summed E-state index contributed by atoms with van der Waals surface area (Å²) in [7, 11) is 0. The second-order valence-corrected chi connectivity index (χ2v) is 8.80. The molecule has 0 radical (unpaired) electrons. The molecule has 2 amide bonds. The Morgan fingerprint density at radius 2 is 1.43 bits per heavy atom. The Morgan fingerprint density at radius 1 is 0.875 bits per heavy atom. The zero-order valence-electron chi connectivity index (χ0n) is 21.1. The van der Waals surface area contributed by atoms with Crippen LogP contribution in [0.1, 0.15) is 37.4 Å². The Hall–Kier alpha value is -4.22. The summed E-state index contributed by atoms with van der Waals surface area (Å²) < 4.78 is 109. The molecule has 0 saturated heterocycles. The predicted molar refractivity (Wildman–Crippen MR) is 133 cm³/mol. The van der Waals surface area contributed by atoms with Crippen LogP contribution in [0, 0.1) is 19.7 Å². The number of rotatable bonds is 7. The van der Waals surface area contributed by atoms with Crippen LogP contribution >= 0.6 is 0 Å². The monoisotopic (exact) mass is 570 g/mol. The summed E-state index contributed by atoms with van der Waals surface area (Å²) in [6.07, 6.45) is -11.3. The van der Waals surface area contributed by atoms with Crippen molar-refractivity contribution in [3.63, 3.8) is 0 Å². The third-order valence-electron chi connectivity index (χ3n) is 6.04. The molecule has 0 saturated carbocycles. The van der Waals surface area contributed by atoms with Crippen LogP contribution in [-0.4, -0.2) is 30.7 Å². The van der Waals surface area contributed by atoms with Crippen LogP contribution in [0.15, 0.2) is 73.3 Å². The molecule has 3 rings (SSSR count). The van der Waals surface area contributed by atoms with Crippen LogP contribution in [-0.2, 0) is 5.67 Å². The molecule has 0 aliphatic carbocycles. The second-order valence-electron chi connectivity index (χ2n) is 8.80. The van der Waals surface area contributed by atoms with Gasteiger partial charge in [-0.15, -0.1) is 6.58 Å². The van der Waals surface area contributed by atoms with E-state index in [1.165, 1.54) is 30.3 Å². The van der Waals surface area contributed by atoms with Crippen molar-refractivity contribution in [1.82, 2.24) is 0 Å². The van der Waals surface area contributed by atoms with Crippen molar-refractivity contribution in [3.8, 4) is 0 Å². The van der Waals surface area contributed by atoms with Gasteiger partial charge in [-0.2, -0.15) is 26.3 Å². The van der Waals surface area contributed by atoms with Crippen LogP contribution < -0.4 is 10.2 Å². The van der Waals surface area contributed by atoms with E-state index in [2.05, 4.69) is 11.9 Å². The maximum absolute atomic E-state index is 15.6. The van der Waals surface area contributed by atoms with Gasteiger partial charge in [0.25, 0.3) is 11.8 Å². The highest BCUT2D eigenvalue weighted by Crippen LogP contribution is 2.53. The van der Waals surface area contributed by atoms with E-state index in [1.807, 2.05) is 0 Å². The van der Waals surface area contributed by atoms with Crippen molar-refractivity contribution in [3.05, 3.63) is 107 Å². The van der Waals surface area contributed by atoms with Crippen LogP contribution in [0.4, 0.5) is 46.5 Å². The zero-order valence-corrected chi connectivity index (χ0v) is 21.1. The van der Waals surface area contributed by atoms with Gasteiger partial charge in [0, 0.05) is 23.4 Å². The summed E-state index contributed by atoms with van der Waals surface area (Å²) in [5, 5.41) is 2.26. The van der Waals surface area contributed by atoms with Crippen molar-refractivity contribution < 1.29 is 44.7 Å². The minimum Gasteiger partial charge on any atom is -0.321 e. The summed E-state index contributed by atoms with van der Waals surface area (Å²) >= 11 is 0. The third-order valence-corrected chi connectivity index (χ3v) is 6.04. The van der Waals surface area contributed by atoms with Crippen LogP contribution in [0.2, 0.25) is 0 Å². The average molecular weight is 570 g/mol. The van der Waals surface area contributed by atoms with E-state index in [1.54, 1.807) is 18.2 Å². The molecule has 0 heterocycles. The molecule has 212 valence electrons. The zero-order chi connectivity index (χ0) is 30.0. The first-order valence-corrected chi connectivity index (χ1v) is 11.6. The Labute approximate surface area is 223 Å². The molecule has 0 aliphatic heterocycles. The van der Waals surface area contributed by atoms with Crippen LogP contribution in [0.3, 0.4) is 0 Å². The van der Waals surface area contributed by atoms with E-state index in [0.717, 1.165) is 24.8 Å².